The predicted octanol–water partition coefficient (Wildman–Crippen LogP) is 4.07. The van der Waals surface area contributed by atoms with Gasteiger partial charge in [0.15, 0.2) is 11.6 Å². The van der Waals surface area contributed by atoms with E-state index in [-0.39, 0.29) is 22.7 Å². The third-order valence-electron chi connectivity index (χ3n) is 3.57. The minimum absolute atomic E-state index is 0.153. The molecule has 3 nitrogen and oxygen atoms in total. The summed E-state index contributed by atoms with van der Waals surface area (Å²) in [5.74, 6) is -0.374. The molecule has 0 saturated heterocycles. The van der Waals surface area contributed by atoms with Crippen LogP contribution in [0.5, 0.6) is 0 Å². The third kappa shape index (κ3) is 4.49. The molecule has 2 rings (SSSR count). The summed E-state index contributed by atoms with van der Waals surface area (Å²) < 4.78 is 0. The van der Waals surface area contributed by atoms with Crippen LogP contribution >= 0.6 is 0 Å². The van der Waals surface area contributed by atoms with Crippen LogP contribution in [0.1, 0.15) is 41.5 Å². The molecule has 3 heteroatoms. The van der Waals surface area contributed by atoms with Crippen molar-refractivity contribution in [1.82, 2.24) is 5.32 Å². The molecule has 1 atom stereocenters. The third-order valence-corrected chi connectivity index (χ3v) is 3.57. The monoisotopic (exact) mass is 321 g/mol. The van der Waals surface area contributed by atoms with Gasteiger partial charge in [0, 0.05) is 22.2 Å². The molecule has 0 aromatic heterocycles. The molecule has 0 fully saturated rings. The van der Waals surface area contributed by atoms with Crippen LogP contribution in [-0.4, -0.2) is 23.1 Å². The Labute approximate surface area is 143 Å². The lowest BCUT2D eigenvalue weighted by Crippen LogP contribution is -2.49. The van der Waals surface area contributed by atoms with Crippen LogP contribution in [0.15, 0.2) is 72.8 Å². The molecule has 0 saturated carbocycles. The van der Waals surface area contributed by atoms with Crippen molar-refractivity contribution in [3.8, 4) is 0 Å². The highest BCUT2D eigenvalue weighted by Gasteiger charge is 2.30. The lowest BCUT2D eigenvalue weighted by molar-refractivity contribution is 0.0913. The van der Waals surface area contributed by atoms with E-state index in [1.165, 1.54) is 0 Å². The lowest BCUT2D eigenvalue weighted by atomic mass is 9.91. The van der Waals surface area contributed by atoms with E-state index in [1.54, 1.807) is 36.4 Å². The predicted molar refractivity (Wildman–Crippen MR) is 97.4 cm³/mol. The van der Waals surface area contributed by atoms with Crippen molar-refractivity contribution in [2.45, 2.75) is 32.4 Å². The van der Waals surface area contributed by atoms with Gasteiger partial charge in [0.05, 0.1) is 0 Å². The van der Waals surface area contributed by atoms with Gasteiger partial charge in [-0.15, -0.1) is 0 Å². The normalized spacial score (nSPS) is 12.5. The molecule has 1 unspecified atom stereocenters. The van der Waals surface area contributed by atoms with Gasteiger partial charge in [-0.1, -0.05) is 67.2 Å². The minimum Gasteiger partial charge on any atom is -0.299 e. The summed E-state index contributed by atoms with van der Waals surface area (Å²) in [6, 6.07) is 17.1. The Balaban J connectivity index is 2.34. The first-order valence-electron chi connectivity index (χ1n) is 7.95. The number of nitrogens with one attached hydrogen (secondary N) is 1. The van der Waals surface area contributed by atoms with E-state index in [0.717, 1.165) is 0 Å². The van der Waals surface area contributed by atoms with Gasteiger partial charge in [-0.25, -0.2) is 0 Å². The zero-order chi connectivity index (χ0) is 17.7. The highest BCUT2D eigenvalue weighted by Crippen LogP contribution is 2.17. The fraction of sp³-hybridized carbons (Fsp3) is 0.238. The fourth-order valence-corrected chi connectivity index (χ4v) is 2.42. The number of benzene rings is 2. The number of rotatable bonds is 6. The Bertz CT molecular complexity index is 727. The molecule has 0 bridgehead atoms. The Kier molecular flexibility index (Phi) is 5.47. The van der Waals surface area contributed by atoms with Gasteiger partial charge in [-0.2, -0.15) is 0 Å². The van der Waals surface area contributed by atoms with E-state index in [2.05, 4.69) is 11.9 Å². The van der Waals surface area contributed by atoms with Gasteiger partial charge in [-0.3, -0.25) is 14.9 Å². The van der Waals surface area contributed by atoms with E-state index >= 15 is 0 Å². The molecule has 24 heavy (non-hydrogen) atoms. The molecule has 0 aliphatic rings. The Morgan fingerprint density at radius 2 is 1.33 bits per heavy atom. The maximum absolute atomic E-state index is 12.9. The molecule has 0 aliphatic carbocycles. The average Bonchev–Trinajstić information content (AvgIpc) is 2.58. The van der Waals surface area contributed by atoms with Gasteiger partial charge in [0.25, 0.3) is 0 Å². The Hall–Kier alpha value is -2.52. The largest absolute Gasteiger partial charge is 0.299 e. The Morgan fingerprint density at radius 3 is 1.79 bits per heavy atom. The Morgan fingerprint density at radius 1 is 0.875 bits per heavy atom. The van der Waals surface area contributed by atoms with E-state index in [9.17, 15) is 9.59 Å². The topological polar surface area (TPSA) is 46.2 Å². The molecule has 2 aromatic carbocycles. The number of carbonyl (C=O) groups excluding carboxylic acids is 2. The minimum atomic E-state index is -0.764. The van der Waals surface area contributed by atoms with Crippen LogP contribution in [-0.2, 0) is 0 Å². The lowest BCUT2D eigenvalue weighted by Gasteiger charge is -2.28. The van der Waals surface area contributed by atoms with Crippen molar-refractivity contribution in [3.05, 3.63) is 83.9 Å². The number of carbonyl (C=O) groups is 2. The SMILES string of the molecule is C=C(C(=O)c1ccccc1)C(NC(C)(C)C)C(=O)c1ccccc1. The summed E-state index contributed by atoms with van der Waals surface area (Å²) in [5, 5.41) is 3.23. The van der Waals surface area contributed by atoms with Crippen LogP contribution in [0.2, 0.25) is 0 Å². The first-order valence-corrected chi connectivity index (χ1v) is 7.95. The summed E-state index contributed by atoms with van der Waals surface area (Å²) in [5.41, 5.74) is 1.00. The summed E-state index contributed by atoms with van der Waals surface area (Å²) in [6.07, 6.45) is 0. The van der Waals surface area contributed by atoms with Crippen LogP contribution in [0.4, 0.5) is 0 Å². The molecule has 1 N–H and O–H groups in total. The van der Waals surface area contributed by atoms with Gasteiger partial charge < -0.3 is 0 Å². The molecule has 0 spiro atoms. The number of Topliss-reactive ketones (excluding diaryl/α,β-unsaturated/α-hetero) is 2. The van der Waals surface area contributed by atoms with E-state index in [1.807, 2.05) is 45.0 Å². The first-order chi connectivity index (χ1) is 11.3. The fourth-order valence-electron chi connectivity index (χ4n) is 2.42. The van der Waals surface area contributed by atoms with E-state index in [4.69, 9.17) is 0 Å². The standard InChI is InChI=1S/C21H23NO2/c1-15(19(23)16-11-7-5-8-12-16)18(22-21(2,3)4)20(24)17-13-9-6-10-14-17/h5-14,18,22H,1H2,2-4H3. The molecule has 2 aromatic rings. The van der Waals surface area contributed by atoms with Crippen LogP contribution in [0, 0.1) is 0 Å². The second-order valence-electron chi connectivity index (χ2n) is 6.78. The summed E-state index contributed by atoms with van der Waals surface area (Å²) in [4.78, 5) is 25.6. The van der Waals surface area contributed by atoms with Crippen molar-refractivity contribution in [2.75, 3.05) is 0 Å². The van der Waals surface area contributed by atoms with Crippen LogP contribution in [0.3, 0.4) is 0 Å². The summed E-state index contributed by atoms with van der Waals surface area (Å²) >= 11 is 0. The van der Waals surface area contributed by atoms with E-state index < -0.39 is 6.04 Å². The van der Waals surface area contributed by atoms with Crippen LogP contribution < -0.4 is 5.32 Å². The van der Waals surface area contributed by atoms with Crippen molar-refractivity contribution < 1.29 is 9.59 Å². The highest BCUT2D eigenvalue weighted by molar-refractivity contribution is 6.15. The molecule has 0 amide bonds. The zero-order valence-corrected chi connectivity index (χ0v) is 14.4. The van der Waals surface area contributed by atoms with Crippen molar-refractivity contribution >= 4 is 11.6 Å². The maximum Gasteiger partial charge on any atom is 0.190 e. The second-order valence-corrected chi connectivity index (χ2v) is 6.78. The van der Waals surface area contributed by atoms with Crippen molar-refractivity contribution in [3.63, 3.8) is 0 Å². The summed E-state index contributed by atoms with van der Waals surface area (Å²) in [6.45, 7) is 9.80. The smallest absolute Gasteiger partial charge is 0.190 e. The van der Waals surface area contributed by atoms with E-state index in [0.29, 0.717) is 11.1 Å². The van der Waals surface area contributed by atoms with Crippen molar-refractivity contribution in [2.24, 2.45) is 0 Å². The quantitative estimate of drug-likeness (QED) is 0.644. The molecule has 124 valence electrons. The molecule has 0 heterocycles. The van der Waals surface area contributed by atoms with Gasteiger partial charge in [-0.05, 0) is 20.8 Å². The number of hydrogen-bond donors (Lipinski definition) is 1. The zero-order valence-electron chi connectivity index (χ0n) is 14.4. The van der Waals surface area contributed by atoms with Crippen molar-refractivity contribution in [1.29, 1.82) is 0 Å². The van der Waals surface area contributed by atoms with Crippen LogP contribution in [0.25, 0.3) is 0 Å². The van der Waals surface area contributed by atoms with Gasteiger partial charge in [0.1, 0.15) is 6.04 Å². The number of hydrogen-bond acceptors (Lipinski definition) is 3. The second kappa shape index (κ2) is 7.37. The van der Waals surface area contributed by atoms with Gasteiger partial charge >= 0.3 is 0 Å². The van der Waals surface area contributed by atoms with Gasteiger partial charge in [0.2, 0.25) is 0 Å². The molecular formula is C21H23NO2. The molecule has 0 radical (unpaired) electrons. The summed E-state index contributed by atoms with van der Waals surface area (Å²) in [7, 11) is 0. The molecule has 0 aliphatic heterocycles. The average molecular weight is 321 g/mol. The highest BCUT2D eigenvalue weighted by atomic mass is 16.1. The maximum atomic E-state index is 12.9. The molecular weight excluding hydrogens is 298 g/mol. The first kappa shape index (κ1) is 17.8. The number of ketones is 2.